The summed E-state index contributed by atoms with van der Waals surface area (Å²) >= 11 is 0. The van der Waals surface area contributed by atoms with Gasteiger partial charge in [0, 0.05) is 11.1 Å². The lowest BCUT2D eigenvalue weighted by atomic mass is 9.77. The summed E-state index contributed by atoms with van der Waals surface area (Å²) in [6.45, 7) is 0. The molecule has 0 aromatic heterocycles. The van der Waals surface area contributed by atoms with Crippen molar-refractivity contribution in [2.45, 2.75) is 18.4 Å². The molecule has 0 aliphatic carbocycles. The van der Waals surface area contributed by atoms with Crippen LogP contribution in [-0.4, -0.2) is 5.84 Å². The molecule has 9 rings (SSSR count). The summed E-state index contributed by atoms with van der Waals surface area (Å²) < 4.78 is 0. The van der Waals surface area contributed by atoms with Crippen molar-refractivity contribution in [1.82, 2.24) is 16.0 Å². The average Bonchev–Trinajstić information content (AvgIpc) is 3.27. The molecule has 260 valence electrons. The van der Waals surface area contributed by atoms with Crippen LogP contribution in [0.25, 0.3) is 22.4 Å². The highest BCUT2D eigenvalue weighted by Gasteiger charge is 2.33. The summed E-state index contributed by atoms with van der Waals surface area (Å²) in [6.07, 6.45) is -0.356. The zero-order valence-electron chi connectivity index (χ0n) is 29.8. The van der Waals surface area contributed by atoms with E-state index in [0.29, 0.717) is 0 Å². The van der Waals surface area contributed by atoms with Crippen molar-refractivity contribution in [1.29, 1.82) is 0 Å². The maximum atomic E-state index is 5.12. The molecule has 54 heavy (non-hydrogen) atoms. The molecule has 4 nitrogen and oxygen atoms in total. The molecule has 0 fully saturated rings. The highest BCUT2D eigenvalue weighted by molar-refractivity contribution is 6.23. The summed E-state index contributed by atoms with van der Waals surface area (Å²) in [6, 6.07) is 73.0. The van der Waals surface area contributed by atoms with Crippen LogP contribution in [0.15, 0.2) is 211 Å². The number of nitrogens with one attached hydrogen (secondary N) is 3. The van der Waals surface area contributed by atoms with E-state index in [1.807, 2.05) is 12.1 Å². The van der Waals surface area contributed by atoms with E-state index in [9.17, 15) is 0 Å². The number of aliphatic imine (C=N–C) groups is 1. The van der Waals surface area contributed by atoms with Gasteiger partial charge in [0.15, 0.2) is 0 Å². The van der Waals surface area contributed by atoms with E-state index in [-0.39, 0.29) is 18.4 Å². The molecular formula is C50H40N4. The first-order chi connectivity index (χ1) is 26.8. The third kappa shape index (κ3) is 6.67. The van der Waals surface area contributed by atoms with Crippen LogP contribution in [0.4, 0.5) is 0 Å². The third-order valence-electron chi connectivity index (χ3n) is 10.2. The molecule has 7 aromatic carbocycles. The number of amidine groups is 1. The van der Waals surface area contributed by atoms with E-state index in [1.165, 1.54) is 27.8 Å². The maximum absolute atomic E-state index is 5.12. The van der Waals surface area contributed by atoms with Crippen LogP contribution in [-0.2, 0) is 0 Å². The first-order valence-corrected chi connectivity index (χ1v) is 18.6. The van der Waals surface area contributed by atoms with Crippen LogP contribution in [0.3, 0.4) is 0 Å². The minimum absolute atomic E-state index is 0.0936. The summed E-state index contributed by atoms with van der Waals surface area (Å²) in [5.74, 6) is 0.872. The Bertz CT molecular complexity index is 2420. The Balaban J connectivity index is 1.22. The van der Waals surface area contributed by atoms with E-state index in [4.69, 9.17) is 4.99 Å². The second kappa shape index (κ2) is 15.1. The van der Waals surface area contributed by atoms with Gasteiger partial charge in [-0.1, -0.05) is 206 Å². The molecule has 7 aromatic rings. The van der Waals surface area contributed by atoms with Crippen molar-refractivity contribution in [2.75, 3.05) is 0 Å². The number of allylic oxidation sites excluding steroid dienone is 2. The fraction of sp³-hybridized carbons (Fsp3) is 0.0600. The minimum atomic E-state index is -0.197. The number of nitrogens with zero attached hydrogens (tertiary/aromatic N) is 1. The molecule has 3 N–H and O–H groups in total. The van der Waals surface area contributed by atoms with E-state index in [0.717, 1.165) is 44.9 Å². The smallest absolute Gasteiger partial charge is 0.131 e. The van der Waals surface area contributed by atoms with Crippen molar-refractivity contribution in [3.8, 4) is 0 Å². The number of hydrogen-bond acceptors (Lipinski definition) is 4. The third-order valence-corrected chi connectivity index (χ3v) is 10.2. The number of hydrogen-bond donors (Lipinski definition) is 3. The molecule has 3 unspecified atom stereocenters. The van der Waals surface area contributed by atoms with Crippen LogP contribution >= 0.6 is 0 Å². The average molecular weight is 697 g/mol. The van der Waals surface area contributed by atoms with E-state index >= 15 is 0 Å². The second-order valence-corrected chi connectivity index (χ2v) is 13.6. The lowest BCUT2D eigenvalue weighted by molar-refractivity contribution is 0.409. The molecule has 0 amide bonds. The van der Waals surface area contributed by atoms with Crippen LogP contribution < -0.4 is 16.0 Å². The second-order valence-electron chi connectivity index (χ2n) is 13.6. The van der Waals surface area contributed by atoms with Gasteiger partial charge in [0.25, 0.3) is 0 Å². The topological polar surface area (TPSA) is 48.5 Å². The fourth-order valence-corrected chi connectivity index (χ4v) is 7.66. The molecule has 0 bridgehead atoms. The molecule has 2 heterocycles. The molecule has 2 aliphatic rings. The SMILES string of the molecule is c1ccc(C2=NC(c3ccccc3)NC(c3ccc(C4=C(c5ccccc5)C(c5ccccc5)NC(c5ccccc5)=C4c4ccccc4)cc3)N2)cc1. The van der Waals surface area contributed by atoms with Crippen molar-refractivity contribution >= 4 is 28.3 Å². The van der Waals surface area contributed by atoms with Crippen molar-refractivity contribution in [3.05, 3.63) is 251 Å². The Morgan fingerprint density at radius 1 is 0.352 bits per heavy atom. The van der Waals surface area contributed by atoms with Crippen molar-refractivity contribution < 1.29 is 0 Å². The Labute approximate surface area is 317 Å². The van der Waals surface area contributed by atoms with Gasteiger partial charge in [-0.15, -0.1) is 0 Å². The number of benzene rings is 7. The normalized spacial score (nSPS) is 18.4. The van der Waals surface area contributed by atoms with Crippen LogP contribution in [0.5, 0.6) is 0 Å². The first-order valence-electron chi connectivity index (χ1n) is 18.6. The Morgan fingerprint density at radius 2 is 0.815 bits per heavy atom. The van der Waals surface area contributed by atoms with Crippen LogP contribution in [0, 0.1) is 0 Å². The maximum Gasteiger partial charge on any atom is 0.131 e. The van der Waals surface area contributed by atoms with E-state index in [1.54, 1.807) is 0 Å². The lowest BCUT2D eigenvalue weighted by Gasteiger charge is -2.36. The molecule has 0 saturated heterocycles. The van der Waals surface area contributed by atoms with Crippen molar-refractivity contribution in [2.24, 2.45) is 4.99 Å². The predicted octanol–water partition coefficient (Wildman–Crippen LogP) is 10.8. The Morgan fingerprint density at radius 3 is 1.39 bits per heavy atom. The number of dihydropyridines is 1. The van der Waals surface area contributed by atoms with Gasteiger partial charge >= 0.3 is 0 Å². The summed E-state index contributed by atoms with van der Waals surface area (Å²) in [5.41, 5.74) is 13.9. The zero-order valence-corrected chi connectivity index (χ0v) is 29.8. The van der Waals surface area contributed by atoms with Gasteiger partial charge in [-0.2, -0.15) is 0 Å². The van der Waals surface area contributed by atoms with Crippen LogP contribution in [0.2, 0.25) is 0 Å². The Kier molecular flexibility index (Phi) is 9.25. The van der Waals surface area contributed by atoms with Gasteiger partial charge in [-0.25, -0.2) is 4.99 Å². The van der Waals surface area contributed by atoms with E-state index < -0.39 is 0 Å². The monoisotopic (exact) mass is 696 g/mol. The summed E-state index contributed by atoms with van der Waals surface area (Å²) in [7, 11) is 0. The standard InChI is InChI=1S/C50H40N4/c1-7-19-35(20-8-1)44-43(45(36-21-9-2-10-22-36)47(39-25-13-4-14-26-39)51-46(44)38-23-11-3-12-24-38)37-31-33-42(34-32-37)50-53-48(40-27-15-5-16-28-40)52-49(54-50)41-29-17-6-18-30-41/h1-34,46,48,50-51,53H,(H,52,54). The highest BCUT2D eigenvalue weighted by Crippen LogP contribution is 2.50. The van der Waals surface area contributed by atoms with Gasteiger partial charge in [-0.05, 0) is 50.1 Å². The fourth-order valence-electron chi connectivity index (χ4n) is 7.66. The number of rotatable bonds is 8. The molecular weight excluding hydrogens is 657 g/mol. The predicted molar refractivity (Wildman–Crippen MR) is 223 cm³/mol. The van der Waals surface area contributed by atoms with Gasteiger partial charge in [-0.3, -0.25) is 5.32 Å². The molecule has 0 spiro atoms. The lowest BCUT2D eigenvalue weighted by Crippen LogP contribution is -2.44. The van der Waals surface area contributed by atoms with Gasteiger partial charge in [0.05, 0.1) is 11.7 Å². The summed E-state index contributed by atoms with van der Waals surface area (Å²) in [5, 5.41) is 11.6. The highest BCUT2D eigenvalue weighted by atomic mass is 15.3. The quantitative estimate of drug-likeness (QED) is 0.148. The van der Waals surface area contributed by atoms with Crippen molar-refractivity contribution in [3.63, 3.8) is 0 Å². The van der Waals surface area contributed by atoms with E-state index in [2.05, 4.69) is 210 Å². The molecule has 0 saturated carbocycles. The Hall–Kier alpha value is -6.75. The van der Waals surface area contributed by atoms with Gasteiger partial charge in [0.1, 0.15) is 18.2 Å². The first kappa shape index (κ1) is 33.1. The van der Waals surface area contributed by atoms with Crippen LogP contribution in [0.1, 0.15) is 62.9 Å². The zero-order chi connectivity index (χ0) is 36.1. The molecule has 4 heteroatoms. The summed E-state index contributed by atoms with van der Waals surface area (Å²) in [4.78, 5) is 5.12. The minimum Gasteiger partial charge on any atom is -0.373 e. The molecule has 0 radical (unpaired) electrons. The molecule has 3 atom stereocenters. The van der Waals surface area contributed by atoms with Gasteiger partial charge in [0.2, 0.25) is 0 Å². The molecule has 2 aliphatic heterocycles. The largest absolute Gasteiger partial charge is 0.373 e. The van der Waals surface area contributed by atoms with Gasteiger partial charge < -0.3 is 10.6 Å².